The zero-order valence-corrected chi connectivity index (χ0v) is 11.4. The van der Waals surface area contributed by atoms with E-state index in [9.17, 15) is 0 Å². The summed E-state index contributed by atoms with van der Waals surface area (Å²) in [5.74, 6) is 0. The van der Waals surface area contributed by atoms with Crippen LogP contribution in [0.4, 0.5) is 0 Å². The number of rotatable bonds is 0. The minimum atomic E-state index is -1.32. The van der Waals surface area contributed by atoms with Crippen LogP contribution in [0.3, 0.4) is 0 Å². The Morgan fingerprint density at radius 2 is 0.692 bits per heavy atom. The molecule has 80 valence electrons. The molecule has 0 saturated heterocycles. The van der Waals surface area contributed by atoms with E-state index in [1.807, 2.05) is 0 Å². The zero-order valence-electron chi connectivity index (χ0n) is 8.68. The highest BCUT2D eigenvalue weighted by atomic mass is 31.2. The van der Waals surface area contributed by atoms with Gasteiger partial charge in [0.05, 0.1) is 21.6 Å². The summed E-state index contributed by atoms with van der Waals surface area (Å²) in [5, 5.41) is 0. The topological polar surface area (TPSA) is 37.1 Å². The van der Waals surface area contributed by atoms with Crippen LogP contribution in [0.25, 0.3) is 0 Å². The van der Waals surface area contributed by atoms with Crippen LogP contribution in [-0.2, 0) is 0 Å². The molecule has 0 radical (unpaired) electrons. The van der Waals surface area contributed by atoms with Crippen molar-refractivity contribution >= 4 is 21.6 Å². The van der Waals surface area contributed by atoms with Crippen molar-refractivity contribution in [3.8, 4) is 0 Å². The molecule has 0 aromatic heterocycles. The fourth-order valence-electron chi connectivity index (χ4n) is 1.66. The predicted molar refractivity (Wildman–Crippen MR) is 70.3 cm³/mol. The van der Waals surface area contributed by atoms with Crippen molar-refractivity contribution in [2.24, 2.45) is 13.5 Å². The van der Waals surface area contributed by atoms with Gasteiger partial charge in [-0.15, -0.1) is 0 Å². The average Bonchev–Trinajstić information content (AvgIpc) is 1.44. The van der Waals surface area contributed by atoms with Gasteiger partial charge in [0.1, 0.15) is 0 Å². The van der Waals surface area contributed by atoms with E-state index in [1.54, 1.807) is 0 Å². The highest BCUT2D eigenvalue weighted by Crippen LogP contribution is 2.71. The summed E-state index contributed by atoms with van der Waals surface area (Å²) in [6, 6.07) is 0. The van der Waals surface area contributed by atoms with Gasteiger partial charge in [0.2, 0.25) is 0 Å². The summed E-state index contributed by atoms with van der Waals surface area (Å²) < 4.78 is 14.3. The highest BCUT2D eigenvalue weighted by molar-refractivity contribution is 7.85. The van der Waals surface area contributed by atoms with Crippen LogP contribution in [-0.4, -0.2) is 40.0 Å². The van der Waals surface area contributed by atoms with Gasteiger partial charge in [0.15, 0.2) is 0 Å². The molecule has 0 spiro atoms. The lowest BCUT2D eigenvalue weighted by Gasteiger charge is -2.26. The molecule has 0 atom stereocenters. The number of hydrogen-bond acceptors (Lipinski definition) is 3. The van der Waals surface area contributed by atoms with Gasteiger partial charge in [0, 0.05) is 0 Å². The van der Waals surface area contributed by atoms with Gasteiger partial charge in [-0.3, -0.25) is 0 Å². The highest BCUT2D eigenvalue weighted by Gasteiger charge is 2.19. The van der Waals surface area contributed by atoms with Crippen molar-refractivity contribution in [1.82, 2.24) is 0 Å². The summed E-state index contributed by atoms with van der Waals surface area (Å²) in [7, 11) is -3.97. The second kappa shape index (κ2) is 3.69. The van der Waals surface area contributed by atoms with Gasteiger partial charge in [-0.2, -0.15) is 0 Å². The molecule has 0 fully saturated rings. The first-order chi connectivity index (χ1) is 5.12. The van der Waals surface area contributed by atoms with Gasteiger partial charge in [-0.1, -0.05) is 7.43 Å². The quantitative estimate of drug-likeness (QED) is 0.548. The lowest BCUT2D eigenvalue weighted by atomic mass is 11.9. The minimum absolute atomic E-state index is 0. The summed E-state index contributed by atoms with van der Waals surface area (Å²) in [6.45, 7) is 13.1. The van der Waals surface area contributed by atoms with Gasteiger partial charge in [0.25, 0.3) is 0 Å². The molecule has 1 aliphatic rings. The smallest absolute Gasteiger partial charge is 0.0750 e. The Morgan fingerprint density at radius 1 is 0.538 bits per heavy atom. The molecule has 1 aliphatic heterocycles. The maximum Gasteiger partial charge on any atom is 0.0750 e. The average molecular weight is 241 g/mol. The fourth-order valence-corrected chi connectivity index (χ4v) is 15.9. The Bertz CT molecular complexity index is 276. The van der Waals surface area contributed by atoms with Crippen LogP contribution in [0.15, 0.2) is 13.5 Å². The number of hydrogen-bond donors (Lipinski definition) is 0. The monoisotopic (exact) mass is 241 g/mol. The van der Waals surface area contributed by atoms with Crippen molar-refractivity contribution in [2.45, 2.75) is 7.43 Å². The van der Waals surface area contributed by atoms with Crippen LogP contribution < -0.4 is 0 Å². The molecule has 0 saturated carbocycles. The lowest BCUT2D eigenvalue weighted by Crippen LogP contribution is -1.82. The van der Waals surface area contributed by atoms with Crippen LogP contribution in [0.5, 0.6) is 0 Å². The standard InChI is InChI=1S/C6H18N3P3.CH4/c1-10(2)7-11(3,4)9-12(5,6)8-10;/h1-6H3;1H4. The Kier molecular flexibility index (Phi) is 3.88. The van der Waals surface area contributed by atoms with E-state index in [-0.39, 0.29) is 7.43 Å². The van der Waals surface area contributed by atoms with Crippen LogP contribution >= 0.6 is 21.6 Å². The van der Waals surface area contributed by atoms with Crippen LogP contribution in [0.1, 0.15) is 7.43 Å². The van der Waals surface area contributed by atoms with E-state index < -0.39 is 21.6 Å². The first-order valence-corrected chi connectivity index (χ1v) is 11.6. The molecule has 0 N–H and O–H groups in total. The molecule has 3 nitrogen and oxygen atoms in total. The van der Waals surface area contributed by atoms with E-state index in [1.165, 1.54) is 0 Å². The van der Waals surface area contributed by atoms with Crippen LogP contribution in [0.2, 0.25) is 0 Å². The molecule has 0 aliphatic carbocycles. The van der Waals surface area contributed by atoms with Gasteiger partial charge in [-0.05, 0) is 40.0 Å². The van der Waals surface area contributed by atoms with Gasteiger partial charge >= 0.3 is 0 Å². The predicted octanol–water partition coefficient (Wildman–Crippen LogP) is 4.76. The van der Waals surface area contributed by atoms with Crippen molar-refractivity contribution in [3.63, 3.8) is 0 Å². The Labute approximate surface area is 83.1 Å². The van der Waals surface area contributed by atoms with Gasteiger partial charge in [-0.25, -0.2) is 13.5 Å². The SMILES string of the molecule is C.CP1(C)=NP(C)(C)=NP(C)(C)=N1. The zero-order chi connectivity index (χ0) is 9.62. The third-order valence-corrected chi connectivity index (χ3v) is 11.8. The lowest BCUT2D eigenvalue weighted by molar-refractivity contribution is 1.61. The molecule has 1 rings (SSSR count). The maximum atomic E-state index is 4.76. The second-order valence-electron chi connectivity index (χ2n) is 4.28. The molecule has 0 aromatic rings. The molecule has 0 amide bonds. The summed E-state index contributed by atoms with van der Waals surface area (Å²) >= 11 is 0. The fraction of sp³-hybridized carbons (Fsp3) is 1.00. The molecule has 0 bridgehead atoms. The van der Waals surface area contributed by atoms with Crippen LogP contribution in [0, 0.1) is 0 Å². The number of nitrogens with zero attached hydrogens (tertiary/aromatic N) is 3. The van der Waals surface area contributed by atoms with E-state index in [0.717, 1.165) is 0 Å². The third-order valence-electron chi connectivity index (χ3n) is 1.31. The van der Waals surface area contributed by atoms with Crippen molar-refractivity contribution in [3.05, 3.63) is 0 Å². The summed E-state index contributed by atoms with van der Waals surface area (Å²) in [5.41, 5.74) is 0. The third kappa shape index (κ3) is 4.15. The first kappa shape index (κ1) is 13.7. The van der Waals surface area contributed by atoms with Crippen molar-refractivity contribution in [1.29, 1.82) is 0 Å². The van der Waals surface area contributed by atoms with E-state index >= 15 is 0 Å². The molecule has 1 heterocycles. The molecular weight excluding hydrogens is 219 g/mol. The Balaban J connectivity index is 0.00000144. The molecule has 13 heavy (non-hydrogen) atoms. The summed E-state index contributed by atoms with van der Waals surface area (Å²) in [6.07, 6.45) is 0. The molecule has 0 aromatic carbocycles. The second-order valence-corrected chi connectivity index (χ2v) is 14.4. The minimum Gasteiger partial charge on any atom is -0.242 e. The maximum absolute atomic E-state index is 4.76. The first-order valence-electron chi connectivity index (χ1n) is 3.88. The van der Waals surface area contributed by atoms with Crippen molar-refractivity contribution in [2.75, 3.05) is 40.0 Å². The Morgan fingerprint density at radius 3 is 0.846 bits per heavy atom. The Hall–Kier alpha value is 0.690. The van der Waals surface area contributed by atoms with E-state index in [0.29, 0.717) is 0 Å². The normalized spacial score (nSPS) is 27.2. The van der Waals surface area contributed by atoms with E-state index in [4.69, 9.17) is 13.5 Å². The van der Waals surface area contributed by atoms with E-state index in [2.05, 4.69) is 40.0 Å². The summed E-state index contributed by atoms with van der Waals surface area (Å²) in [4.78, 5) is 0. The molecule has 0 unspecified atom stereocenters. The van der Waals surface area contributed by atoms with Gasteiger partial charge < -0.3 is 0 Å². The molecule has 6 heteroatoms. The molecular formula is C7H22N3P3. The van der Waals surface area contributed by atoms with Crippen molar-refractivity contribution < 1.29 is 0 Å². The largest absolute Gasteiger partial charge is 0.242 e.